The number of hydrogen-bond donors (Lipinski definition) is 1. The maximum atomic E-state index is 8.53. The number of allylic oxidation sites excluding steroid dienone is 3. The minimum Gasteiger partial charge on any atom is -0.411 e. The lowest BCUT2D eigenvalue weighted by Gasteiger charge is -2.05. The lowest BCUT2D eigenvalue weighted by Crippen LogP contribution is -2.06. The van der Waals surface area contributed by atoms with Gasteiger partial charge in [0.25, 0.3) is 0 Å². The molecule has 1 aliphatic rings. The Labute approximate surface area is 89.4 Å². The van der Waals surface area contributed by atoms with Crippen LogP contribution in [0.4, 0.5) is 0 Å². The molecule has 80 valence electrons. The first-order valence-corrected chi connectivity index (χ1v) is 4.82. The molecular weight excluding hydrogens is 190 g/mol. The summed E-state index contributed by atoms with van der Waals surface area (Å²) in [6, 6.07) is 0. The molecule has 0 aromatic heterocycles. The maximum Gasteiger partial charge on any atom is 0.0800 e. The average Bonchev–Trinajstić information content (AvgIpc) is 2.29. The molecule has 0 aliphatic heterocycles. The molecule has 4 nitrogen and oxygen atoms in total. The van der Waals surface area contributed by atoms with E-state index in [2.05, 4.69) is 15.1 Å². The standard InChI is InChI=1S/C11H15N3O/c1-9(12-2)7-8-13-10-3-5-11(14-15)6-4-10/h3,5,7-8,15H,4,6H2,1-2H3/b8-7-,12-9?,13-10?,14-11?. The number of aliphatic imine (C=N–C) groups is 2. The van der Waals surface area contributed by atoms with Crippen molar-refractivity contribution in [3.63, 3.8) is 0 Å². The second-order valence-electron chi connectivity index (χ2n) is 3.23. The highest BCUT2D eigenvalue weighted by Gasteiger charge is 2.05. The van der Waals surface area contributed by atoms with Crippen molar-refractivity contribution in [3.8, 4) is 0 Å². The van der Waals surface area contributed by atoms with Crippen LogP contribution in [0.5, 0.6) is 0 Å². The highest BCUT2D eigenvalue weighted by molar-refractivity contribution is 6.09. The topological polar surface area (TPSA) is 57.3 Å². The van der Waals surface area contributed by atoms with Crippen molar-refractivity contribution in [3.05, 3.63) is 24.4 Å². The Kier molecular flexibility index (Phi) is 4.47. The van der Waals surface area contributed by atoms with Gasteiger partial charge in [0.15, 0.2) is 0 Å². The van der Waals surface area contributed by atoms with Gasteiger partial charge in [-0.25, -0.2) is 0 Å². The summed E-state index contributed by atoms with van der Waals surface area (Å²) in [5, 5.41) is 11.7. The van der Waals surface area contributed by atoms with Gasteiger partial charge in [0.2, 0.25) is 0 Å². The Bertz CT molecular complexity index is 362. The minimum absolute atomic E-state index is 0.698. The van der Waals surface area contributed by atoms with E-state index >= 15 is 0 Å². The van der Waals surface area contributed by atoms with E-state index < -0.39 is 0 Å². The minimum atomic E-state index is 0.698. The Balaban J connectivity index is 2.60. The molecule has 0 spiro atoms. The quantitative estimate of drug-likeness (QED) is 0.419. The fourth-order valence-electron chi connectivity index (χ4n) is 1.12. The number of hydrogen-bond acceptors (Lipinski definition) is 4. The predicted molar refractivity (Wildman–Crippen MR) is 63.2 cm³/mol. The van der Waals surface area contributed by atoms with E-state index in [9.17, 15) is 0 Å². The zero-order chi connectivity index (χ0) is 11.1. The fraction of sp³-hybridized carbons (Fsp3) is 0.364. The second-order valence-corrected chi connectivity index (χ2v) is 3.23. The number of nitrogens with zero attached hydrogens (tertiary/aromatic N) is 3. The maximum absolute atomic E-state index is 8.53. The molecule has 0 aromatic rings. The van der Waals surface area contributed by atoms with Gasteiger partial charge in [0.1, 0.15) is 0 Å². The molecule has 1 N–H and O–H groups in total. The predicted octanol–water partition coefficient (Wildman–Crippen LogP) is 2.21. The Hall–Kier alpha value is -1.71. The van der Waals surface area contributed by atoms with Crippen LogP contribution in [0, 0.1) is 0 Å². The highest BCUT2D eigenvalue weighted by atomic mass is 16.4. The van der Waals surface area contributed by atoms with Crippen molar-refractivity contribution in [2.24, 2.45) is 15.1 Å². The first kappa shape index (κ1) is 11.4. The molecule has 0 aromatic carbocycles. The summed E-state index contributed by atoms with van der Waals surface area (Å²) in [5.74, 6) is 0. The molecule has 1 aliphatic carbocycles. The molecule has 0 fully saturated rings. The molecule has 0 heterocycles. The van der Waals surface area contributed by atoms with Gasteiger partial charge in [-0.2, -0.15) is 0 Å². The summed E-state index contributed by atoms with van der Waals surface area (Å²) in [6.45, 7) is 1.92. The molecule has 0 saturated carbocycles. The van der Waals surface area contributed by atoms with Crippen molar-refractivity contribution in [2.45, 2.75) is 19.8 Å². The van der Waals surface area contributed by atoms with Crippen LogP contribution in [-0.2, 0) is 0 Å². The van der Waals surface area contributed by atoms with Crippen LogP contribution in [0.25, 0.3) is 0 Å². The molecule has 0 atom stereocenters. The highest BCUT2D eigenvalue weighted by Crippen LogP contribution is 2.06. The van der Waals surface area contributed by atoms with Gasteiger partial charge < -0.3 is 5.21 Å². The normalized spacial score (nSPS) is 23.2. The van der Waals surface area contributed by atoms with Gasteiger partial charge in [-0.15, -0.1) is 0 Å². The monoisotopic (exact) mass is 205 g/mol. The second kappa shape index (κ2) is 5.90. The molecule has 4 heteroatoms. The average molecular weight is 205 g/mol. The molecule has 15 heavy (non-hydrogen) atoms. The lowest BCUT2D eigenvalue weighted by molar-refractivity contribution is 0.318. The lowest BCUT2D eigenvalue weighted by atomic mass is 10.0. The van der Waals surface area contributed by atoms with Gasteiger partial charge in [-0.05, 0) is 38.0 Å². The van der Waals surface area contributed by atoms with Crippen molar-refractivity contribution >= 4 is 17.1 Å². The van der Waals surface area contributed by atoms with E-state index in [0.717, 1.165) is 24.3 Å². The fourth-order valence-corrected chi connectivity index (χ4v) is 1.12. The van der Waals surface area contributed by atoms with E-state index in [-0.39, 0.29) is 0 Å². The summed E-state index contributed by atoms with van der Waals surface area (Å²) < 4.78 is 0. The van der Waals surface area contributed by atoms with Crippen molar-refractivity contribution in [2.75, 3.05) is 7.05 Å². The molecular formula is C11H15N3O. The van der Waals surface area contributed by atoms with Crippen LogP contribution in [0.15, 0.2) is 39.6 Å². The smallest absolute Gasteiger partial charge is 0.0800 e. The largest absolute Gasteiger partial charge is 0.411 e. The van der Waals surface area contributed by atoms with Gasteiger partial charge in [0, 0.05) is 24.7 Å². The summed E-state index contributed by atoms with van der Waals surface area (Å²) in [5.41, 5.74) is 2.63. The van der Waals surface area contributed by atoms with E-state index in [1.165, 1.54) is 0 Å². The third-order valence-electron chi connectivity index (χ3n) is 2.14. The van der Waals surface area contributed by atoms with E-state index in [1.54, 1.807) is 19.3 Å². The molecule has 0 radical (unpaired) electrons. The molecule has 0 bridgehead atoms. The van der Waals surface area contributed by atoms with Crippen molar-refractivity contribution in [1.29, 1.82) is 0 Å². The van der Waals surface area contributed by atoms with Crippen LogP contribution in [-0.4, -0.2) is 29.4 Å². The molecule has 0 unspecified atom stereocenters. The van der Waals surface area contributed by atoms with Gasteiger partial charge >= 0.3 is 0 Å². The van der Waals surface area contributed by atoms with Crippen LogP contribution in [0.3, 0.4) is 0 Å². The van der Waals surface area contributed by atoms with Crippen LogP contribution in [0.2, 0.25) is 0 Å². The van der Waals surface area contributed by atoms with E-state index in [0.29, 0.717) is 5.71 Å². The summed E-state index contributed by atoms with van der Waals surface area (Å²) >= 11 is 0. The van der Waals surface area contributed by atoms with Gasteiger partial charge in [-0.1, -0.05) is 5.16 Å². The third-order valence-corrected chi connectivity index (χ3v) is 2.14. The van der Waals surface area contributed by atoms with Crippen LogP contribution < -0.4 is 0 Å². The van der Waals surface area contributed by atoms with Crippen molar-refractivity contribution < 1.29 is 5.21 Å². The van der Waals surface area contributed by atoms with Crippen LogP contribution >= 0.6 is 0 Å². The number of oxime groups is 1. The molecule has 1 rings (SSSR count). The summed E-state index contributed by atoms with van der Waals surface area (Å²) in [4.78, 5) is 8.26. The first-order valence-electron chi connectivity index (χ1n) is 4.82. The van der Waals surface area contributed by atoms with Crippen molar-refractivity contribution in [1.82, 2.24) is 0 Å². The zero-order valence-electron chi connectivity index (χ0n) is 9.01. The number of rotatable bonds is 2. The molecule has 0 saturated heterocycles. The van der Waals surface area contributed by atoms with Crippen LogP contribution in [0.1, 0.15) is 19.8 Å². The van der Waals surface area contributed by atoms with Gasteiger partial charge in [-0.3, -0.25) is 9.98 Å². The Morgan fingerprint density at radius 1 is 1.33 bits per heavy atom. The Morgan fingerprint density at radius 2 is 2.00 bits per heavy atom. The summed E-state index contributed by atoms with van der Waals surface area (Å²) in [6.07, 6.45) is 8.78. The van der Waals surface area contributed by atoms with Gasteiger partial charge in [0.05, 0.1) is 5.71 Å². The van der Waals surface area contributed by atoms with E-state index in [1.807, 2.05) is 19.1 Å². The zero-order valence-corrected chi connectivity index (χ0v) is 9.01. The molecule has 0 amide bonds. The first-order chi connectivity index (χ1) is 7.26. The Morgan fingerprint density at radius 3 is 2.53 bits per heavy atom. The van der Waals surface area contributed by atoms with E-state index in [4.69, 9.17) is 5.21 Å². The third kappa shape index (κ3) is 3.89. The SMILES string of the molecule is CN=C(C)/C=C\N=C1C=CC(=NO)CC1. The summed E-state index contributed by atoms with van der Waals surface area (Å²) in [7, 11) is 1.75.